The van der Waals surface area contributed by atoms with Crippen LogP contribution in [0.15, 0.2) is 58.2 Å². The fraction of sp³-hybridized carbons (Fsp3) is 0.407. The summed E-state index contributed by atoms with van der Waals surface area (Å²) in [4.78, 5) is 26.6. The minimum atomic E-state index is -3.58. The van der Waals surface area contributed by atoms with Crippen molar-refractivity contribution in [2.45, 2.75) is 56.9 Å². The van der Waals surface area contributed by atoms with Crippen LogP contribution in [0, 0.1) is 6.92 Å². The molecule has 1 aliphatic heterocycles. The standard InChI is InChI=1S/C27H33N3O5S/c1-4-23(30-25(31)18-19(2)22-10-9-11-24(35-3)26(22)30)27(32)28-20-12-14-21(15-13-20)36(33,34)29-16-7-5-6-8-17-29/h9-15,18,23H,4-8,16-17H2,1-3H3,(H,28,32). The minimum Gasteiger partial charge on any atom is -0.495 e. The van der Waals surface area contributed by atoms with Crippen molar-refractivity contribution >= 4 is 32.5 Å². The fourth-order valence-electron chi connectivity index (χ4n) is 4.86. The second-order valence-electron chi connectivity index (χ2n) is 9.15. The van der Waals surface area contributed by atoms with Crippen LogP contribution in [0.5, 0.6) is 5.75 Å². The van der Waals surface area contributed by atoms with Gasteiger partial charge < -0.3 is 10.1 Å². The number of nitrogens with zero attached hydrogens (tertiary/aromatic N) is 2. The van der Waals surface area contributed by atoms with Crippen LogP contribution in [0.1, 0.15) is 50.6 Å². The monoisotopic (exact) mass is 511 g/mol. The number of anilines is 1. The maximum absolute atomic E-state index is 13.4. The number of pyridine rings is 1. The van der Waals surface area contributed by atoms with Gasteiger partial charge in [-0.1, -0.05) is 31.9 Å². The number of nitrogens with one attached hydrogen (secondary N) is 1. The van der Waals surface area contributed by atoms with Crippen molar-refractivity contribution in [1.82, 2.24) is 8.87 Å². The van der Waals surface area contributed by atoms with Gasteiger partial charge in [-0.15, -0.1) is 0 Å². The van der Waals surface area contributed by atoms with Gasteiger partial charge in [0.15, 0.2) is 0 Å². The highest BCUT2D eigenvalue weighted by Gasteiger charge is 2.26. The fourth-order valence-corrected chi connectivity index (χ4v) is 6.38. The molecule has 36 heavy (non-hydrogen) atoms. The van der Waals surface area contributed by atoms with Gasteiger partial charge in [-0.2, -0.15) is 4.31 Å². The molecule has 1 saturated heterocycles. The molecule has 3 aromatic rings. The van der Waals surface area contributed by atoms with Gasteiger partial charge in [0, 0.05) is 30.2 Å². The van der Waals surface area contributed by atoms with E-state index < -0.39 is 16.1 Å². The van der Waals surface area contributed by atoms with Crippen molar-refractivity contribution < 1.29 is 17.9 Å². The number of amides is 1. The minimum absolute atomic E-state index is 0.208. The highest BCUT2D eigenvalue weighted by Crippen LogP contribution is 2.30. The molecular formula is C27H33N3O5S. The molecule has 4 rings (SSSR count). The van der Waals surface area contributed by atoms with Crippen LogP contribution in [0.4, 0.5) is 5.69 Å². The Labute approximate surface area is 211 Å². The van der Waals surface area contributed by atoms with Crippen LogP contribution < -0.4 is 15.6 Å². The van der Waals surface area contributed by atoms with E-state index in [2.05, 4.69) is 5.32 Å². The molecule has 1 fully saturated rings. The molecule has 2 aromatic carbocycles. The number of fused-ring (bicyclic) bond motifs is 1. The highest BCUT2D eigenvalue weighted by atomic mass is 32.2. The molecule has 8 nitrogen and oxygen atoms in total. The first kappa shape index (κ1) is 25.9. The van der Waals surface area contributed by atoms with Crippen molar-refractivity contribution in [3.63, 3.8) is 0 Å². The summed E-state index contributed by atoms with van der Waals surface area (Å²) >= 11 is 0. The van der Waals surface area contributed by atoms with Crippen molar-refractivity contribution in [3.8, 4) is 5.75 Å². The summed E-state index contributed by atoms with van der Waals surface area (Å²) in [6.07, 6.45) is 4.19. The Morgan fingerprint density at radius 3 is 2.33 bits per heavy atom. The second-order valence-corrected chi connectivity index (χ2v) is 11.1. The Bertz CT molecular complexity index is 1410. The first-order valence-corrected chi connectivity index (χ1v) is 13.8. The number of aromatic nitrogens is 1. The van der Waals surface area contributed by atoms with Crippen LogP contribution in [0.3, 0.4) is 0 Å². The number of rotatable bonds is 7. The molecule has 1 amide bonds. The Morgan fingerprint density at radius 2 is 1.72 bits per heavy atom. The summed E-state index contributed by atoms with van der Waals surface area (Å²) in [6, 6.07) is 12.5. The first-order chi connectivity index (χ1) is 17.3. The lowest BCUT2D eigenvalue weighted by Gasteiger charge is -2.22. The molecule has 9 heteroatoms. The summed E-state index contributed by atoms with van der Waals surface area (Å²) in [6.45, 7) is 4.76. The molecule has 0 bridgehead atoms. The van der Waals surface area contributed by atoms with Crippen molar-refractivity contribution in [3.05, 3.63) is 64.4 Å². The number of hydrogen-bond donors (Lipinski definition) is 1. The lowest BCUT2D eigenvalue weighted by molar-refractivity contribution is -0.119. The lowest BCUT2D eigenvalue weighted by Crippen LogP contribution is -2.33. The number of hydrogen-bond acceptors (Lipinski definition) is 5. The largest absolute Gasteiger partial charge is 0.495 e. The first-order valence-electron chi connectivity index (χ1n) is 12.4. The normalized spacial score (nSPS) is 15.9. The quantitative estimate of drug-likeness (QED) is 0.505. The molecule has 1 aliphatic rings. The molecule has 0 aliphatic carbocycles. The number of carbonyl (C=O) groups excluding carboxylic acids is 1. The van der Waals surface area contributed by atoms with E-state index in [4.69, 9.17) is 4.74 Å². The molecule has 1 unspecified atom stereocenters. The summed E-state index contributed by atoms with van der Waals surface area (Å²) in [5.74, 6) is 0.154. The number of sulfonamides is 1. The van der Waals surface area contributed by atoms with Gasteiger partial charge in [-0.3, -0.25) is 14.2 Å². The second kappa shape index (κ2) is 10.8. The van der Waals surface area contributed by atoms with Crippen molar-refractivity contribution in [2.75, 3.05) is 25.5 Å². The average Bonchev–Trinajstić information content (AvgIpc) is 3.17. The van der Waals surface area contributed by atoms with E-state index >= 15 is 0 Å². The number of para-hydroxylation sites is 1. The third-order valence-electron chi connectivity index (χ3n) is 6.79. The third kappa shape index (κ3) is 5.03. The van der Waals surface area contributed by atoms with Crippen LogP contribution in [0.2, 0.25) is 0 Å². The smallest absolute Gasteiger partial charge is 0.252 e. The number of ether oxygens (including phenoxy) is 1. The van der Waals surface area contributed by atoms with Gasteiger partial charge in [0.05, 0.1) is 17.5 Å². The lowest BCUT2D eigenvalue weighted by atomic mass is 10.1. The SMILES string of the molecule is CCC(C(=O)Nc1ccc(S(=O)(=O)N2CCCCCC2)cc1)n1c(=O)cc(C)c2cccc(OC)c21. The maximum Gasteiger partial charge on any atom is 0.252 e. The molecular weight excluding hydrogens is 478 g/mol. The number of carbonyl (C=O) groups is 1. The zero-order valence-electron chi connectivity index (χ0n) is 21.0. The van der Waals surface area contributed by atoms with E-state index in [-0.39, 0.29) is 16.4 Å². The van der Waals surface area contributed by atoms with Gasteiger partial charge in [0.1, 0.15) is 11.8 Å². The molecule has 1 atom stereocenters. The molecule has 2 heterocycles. The van der Waals surface area contributed by atoms with Crippen LogP contribution in [0.25, 0.3) is 10.9 Å². The molecule has 1 N–H and O–H groups in total. The average molecular weight is 512 g/mol. The van der Waals surface area contributed by atoms with Gasteiger partial charge in [-0.05, 0) is 62.1 Å². The Morgan fingerprint density at radius 1 is 1.06 bits per heavy atom. The molecule has 0 saturated carbocycles. The molecule has 1 aromatic heterocycles. The molecule has 0 radical (unpaired) electrons. The Hall–Kier alpha value is -3.17. The summed E-state index contributed by atoms with van der Waals surface area (Å²) in [7, 11) is -2.04. The van der Waals surface area contributed by atoms with Gasteiger partial charge in [0.25, 0.3) is 5.56 Å². The van der Waals surface area contributed by atoms with E-state index in [0.717, 1.165) is 36.6 Å². The van der Waals surface area contributed by atoms with E-state index in [1.807, 2.05) is 26.0 Å². The number of benzene rings is 2. The Kier molecular flexibility index (Phi) is 7.80. The van der Waals surface area contributed by atoms with Gasteiger partial charge in [-0.25, -0.2) is 8.42 Å². The van der Waals surface area contributed by atoms with Gasteiger partial charge in [0.2, 0.25) is 15.9 Å². The third-order valence-corrected chi connectivity index (χ3v) is 8.70. The van der Waals surface area contributed by atoms with Crippen LogP contribution in [-0.4, -0.2) is 43.4 Å². The predicted octanol–water partition coefficient (Wildman–Crippen LogP) is 4.47. The number of methoxy groups -OCH3 is 1. The van der Waals surface area contributed by atoms with E-state index in [1.165, 1.54) is 29.9 Å². The zero-order valence-corrected chi connectivity index (χ0v) is 21.8. The predicted molar refractivity (Wildman–Crippen MR) is 141 cm³/mol. The zero-order chi connectivity index (χ0) is 25.9. The van der Waals surface area contributed by atoms with Gasteiger partial charge >= 0.3 is 0 Å². The maximum atomic E-state index is 13.4. The molecule has 0 spiro atoms. The van der Waals surface area contributed by atoms with Crippen LogP contribution >= 0.6 is 0 Å². The topological polar surface area (TPSA) is 97.7 Å². The number of aryl methyl sites for hydroxylation is 1. The molecule has 192 valence electrons. The summed E-state index contributed by atoms with van der Waals surface area (Å²) in [5.41, 5.74) is 1.56. The summed E-state index contributed by atoms with van der Waals surface area (Å²) < 4.78 is 34.6. The van der Waals surface area contributed by atoms with E-state index in [1.54, 1.807) is 22.5 Å². The Balaban J connectivity index is 1.62. The van der Waals surface area contributed by atoms with Crippen molar-refractivity contribution in [2.24, 2.45) is 0 Å². The highest BCUT2D eigenvalue weighted by molar-refractivity contribution is 7.89. The summed E-state index contributed by atoms with van der Waals surface area (Å²) in [5, 5.41) is 3.69. The van der Waals surface area contributed by atoms with Crippen LogP contribution in [-0.2, 0) is 14.8 Å². The van der Waals surface area contributed by atoms with Crippen molar-refractivity contribution in [1.29, 1.82) is 0 Å². The van der Waals surface area contributed by atoms with E-state index in [9.17, 15) is 18.0 Å². The van der Waals surface area contributed by atoms with E-state index in [0.29, 0.717) is 36.5 Å².